The van der Waals surface area contributed by atoms with Crippen LogP contribution >= 0.6 is 11.6 Å². The summed E-state index contributed by atoms with van der Waals surface area (Å²) in [5.74, 6) is -0.737. The van der Waals surface area contributed by atoms with E-state index in [4.69, 9.17) is 11.6 Å². The van der Waals surface area contributed by atoms with Crippen LogP contribution in [0.4, 0.5) is 13.2 Å². The minimum absolute atomic E-state index is 0.121. The molecule has 2 aromatic rings. The number of aryl methyl sites for hydroxylation is 2. The predicted molar refractivity (Wildman–Crippen MR) is 72.3 cm³/mol. The van der Waals surface area contributed by atoms with Crippen LogP contribution in [0.15, 0.2) is 12.3 Å². The number of alkyl halides is 3. The highest BCUT2D eigenvalue weighted by Gasteiger charge is 2.39. The first kappa shape index (κ1) is 16.3. The zero-order valence-electron chi connectivity index (χ0n) is 11.8. The highest BCUT2D eigenvalue weighted by Crippen LogP contribution is 2.35. The van der Waals surface area contributed by atoms with Crippen LogP contribution in [-0.4, -0.2) is 25.5 Å². The van der Waals surface area contributed by atoms with Crippen molar-refractivity contribution < 1.29 is 18.0 Å². The molecule has 0 aromatic carbocycles. The van der Waals surface area contributed by atoms with Crippen molar-refractivity contribution in [2.24, 2.45) is 7.05 Å². The number of aromatic nitrogens is 4. The van der Waals surface area contributed by atoms with E-state index >= 15 is 0 Å². The van der Waals surface area contributed by atoms with Crippen LogP contribution in [0.2, 0.25) is 5.02 Å². The van der Waals surface area contributed by atoms with Gasteiger partial charge in [-0.2, -0.15) is 23.4 Å². The molecule has 2 aromatic heterocycles. The monoisotopic (exact) mass is 335 g/mol. The predicted octanol–water partition coefficient (Wildman–Crippen LogP) is 2.24. The number of hydrogen-bond donors (Lipinski definition) is 1. The third-order valence-electron chi connectivity index (χ3n) is 3.01. The molecule has 0 aliphatic rings. The minimum Gasteiger partial charge on any atom is -0.345 e. The summed E-state index contributed by atoms with van der Waals surface area (Å²) in [6.07, 6.45) is -3.14. The van der Waals surface area contributed by atoms with E-state index in [1.54, 1.807) is 16.9 Å². The van der Waals surface area contributed by atoms with Gasteiger partial charge in [0.05, 0.1) is 12.2 Å². The van der Waals surface area contributed by atoms with Gasteiger partial charge >= 0.3 is 6.18 Å². The first-order valence-corrected chi connectivity index (χ1v) is 6.72. The van der Waals surface area contributed by atoms with Gasteiger partial charge < -0.3 is 5.32 Å². The maximum atomic E-state index is 12.7. The summed E-state index contributed by atoms with van der Waals surface area (Å²) in [5.41, 5.74) is -0.887. The smallest absolute Gasteiger partial charge is 0.345 e. The summed E-state index contributed by atoms with van der Waals surface area (Å²) in [6, 6.07) is 1.70. The lowest BCUT2D eigenvalue weighted by Gasteiger charge is -2.07. The third-order valence-corrected chi connectivity index (χ3v) is 3.37. The standard InChI is InChI=1S/C12H13ClF3N5O/c1-3-21-7(4-5-18-21)6-17-11(22)9-8(13)10(12(14,15)16)19-20(9)2/h4-5H,3,6H2,1-2H3,(H,17,22). The van der Waals surface area contributed by atoms with Gasteiger partial charge in [0, 0.05) is 19.8 Å². The molecule has 0 aliphatic carbocycles. The van der Waals surface area contributed by atoms with Crippen LogP contribution in [-0.2, 0) is 26.3 Å². The highest BCUT2D eigenvalue weighted by molar-refractivity contribution is 6.34. The van der Waals surface area contributed by atoms with Gasteiger partial charge in [-0.25, -0.2) is 0 Å². The van der Waals surface area contributed by atoms with E-state index in [-0.39, 0.29) is 12.2 Å². The maximum absolute atomic E-state index is 12.7. The molecule has 2 rings (SSSR count). The number of halogens is 4. The number of carbonyl (C=O) groups excluding carboxylic acids is 1. The Morgan fingerprint density at radius 3 is 2.68 bits per heavy atom. The summed E-state index contributed by atoms with van der Waals surface area (Å²) in [6.45, 7) is 2.62. The Balaban J connectivity index is 2.19. The van der Waals surface area contributed by atoms with Gasteiger partial charge in [0.15, 0.2) is 5.69 Å². The van der Waals surface area contributed by atoms with E-state index in [0.717, 1.165) is 10.4 Å². The molecule has 10 heteroatoms. The molecule has 0 saturated carbocycles. The van der Waals surface area contributed by atoms with Gasteiger partial charge in [-0.3, -0.25) is 14.2 Å². The lowest BCUT2D eigenvalue weighted by Crippen LogP contribution is -2.26. The second kappa shape index (κ2) is 5.99. The van der Waals surface area contributed by atoms with E-state index in [1.165, 1.54) is 7.05 Å². The second-order valence-electron chi connectivity index (χ2n) is 4.45. The number of rotatable bonds is 4. The lowest BCUT2D eigenvalue weighted by atomic mass is 10.3. The topological polar surface area (TPSA) is 64.7 Å². The number of amides is 1. The maximum Gasteiger partial charge on any atom is 0.436 e. The van der Waals surface area contributed by atoms with Crippen molar-refractivity contribution in [3.63, 3.8) is 0 Å². The summed E-state index contributed by atoms with van der Waals surface area (Å²) in [4.78, 5) is 12.1. The Hall–Kier alpha value is -2.03. The third kappa shape index (κ3) is 3.08. The van der Waals surface area contributed by atoms with E-state index in [2.05, 4.69) is 15.5 Å². The van der Waals surface area contributed by atoms with E-state index < -0.39 is 22.8 Å². The number of hydrogen-bond acceptors (Lipinski definition) is 3. The van der Waals surface area contributed by atoms with Gasteiger partial charge in [0.1, 0.15) is 10.7 Å². The van der Waals surface area contributed by atoms with Gasteiger partial charge in [-0.1, -0.05) is 11.6 Å². The van der Waals surface area contributed by atoms with Gasteiger partial charge in [0.2, 0.25) is 0 Å². The largest absolute Gasteiger partial charge is 0.436 e. The molecule has 0 saturated heterocycles. The zero-order valence-corrected chi connectivity index (χ0v) is 12.5. The Bertz CT molecular complexity index is 691. The fraction of sp³-hybridized carbons (Fsp3) is 0.417. The minimum atomic E-state index is -4.71. The molecule has 1 amide bonds. The van der Waals surface area contributed by atoms with Crippen LogP contribution in [0.3, 0.4) is 0 Å². The van der Waals surface area contributed by atoms with Crippen LogP contribution in [0.5, 0.6) is 0 Å². The molecule has 0 fully saturated rings. The summed E-state index contributed by atoms with van der Waals surface area (Å²) < 4.78 is 40.6. The van der Waals surface area contributed by atoms with Gasteiger partial charge in [0.25, 0.3) is 5.91 Å². The normalized spacial score (nSPS) is 11.7. The fourth-order valence-electron chi connectivity index (χ4n) is 1.98. The SMILES string of the molecule is CCn1nccc1CNC(=O)c1c(Cl)c(C(F)(F)F)nn1C. The molecule has 0 atom stereocenters. The van der Waals surface area contributed by atoms with Crippen LogP contribution < -0.4 is 5.32 Å². The molecule has 120 valence electrons. The quantitative estimate of drug-likeness (QED) is 0.932. The number of nitrogens with zero attached hydrogens (tertiary/aromatic N) is 4. The Morgan fingerprint density at radius 2 is 2.14 bits per heavy atom. The molecule has 0 aliphatic heterocycles. The van der Waals surface area contributed by atoms with Gasteiger partial charge in [-0.15, -0.1) is 0 Å². The number of nitrogens with one attached hydrogen (secondary N) is 1. The van der Waals surface area contributed by atoms with Crippen molar-refractivity contribution in [1.29, 1.82) is 0 Å². The first-order valence-electron chi connectivity index (χ1n) is 6.34. The zero-order chi connectivity index (χ0) is 16.5. The summed E-state index contributed by atoms with van der Waals surface area (Å²) in [7, 11) is 1.23. The molecule has 22 heavy (non-hydrogen) atoms. The van der Waals surface area contributed by atoms with Crippen molar-refractivity contribution in [3.05, 3.63) is 34.4 Å². The second-order valence-corrected chi connectivity index (χ2v) is 4.83. The lowest BCUT2D eigenvalue weighted by molar-refractivity contribution is -0.141. The summed E-state index contributed by atoms with van der Waals surface area (Å²) >= 11 is 5.65. The summed E-state index contributed by atoms with van der Waals surface area (Å²) in [5, 5.41) is 9.09. The molecule has 2 heterocycles. The fourth-order valence-corrected chi connectivity index (χ4v) is 2.33. The Morgan fingerprint density at radius 1 is 1.45 bits per heavy atom. The first-order chi connectivity index (χ1) is 10.3. The molecule has 0 unspecified atom stereocenters. The molecule has 1 N–H and O–H groups in total. The number of carbonyl (C=O) groups is 1. The van der Waals surface area contributed by atoms with E-state index in [0.29, 0.717) is 6.54 Å². The Kier molecular flexibility index (Phi) is 4.45. The molecule has 0 bridgehead atoms. The molecule has 6 nitrogen and oxygen atoms in total. The van der Waals surface area contributed by atoms with E-state index in [1.807, 2.05) is 6.92 Å². The molecular formula is C12H13ClF3N5O. The van der Waals surface area contributed by atoms with E-state index in [9.17, 15) is 18.0 Å². The van der Waals surface area contributed by atoms with Crippen LogP contribution in [0.1, 0.15) is 28.8 Å². The van der Waals surface area contributed by atoms with Gasteiger partial charge in [-0.05, 0) is 13.0 Å². The average Bonchev–Trinajstić information content (AvgIpc) is 2.99. The molecule has 0 spiro atoms. The van der Waals surface area contributed by atoms with Crippen molar-refractivity contribution in [1.82, 2.24) is 24.9 Å². The van der Waals surface area contributed by atoms with Crippen molar-refractivity contribution in [3.8, 4) is 0 Å². The van der Waals surface area contributed by atoms with Crippen molar-refractivity contribution >= 4 is 17.5 Å². The van der Waals surface area contributed by atoms with Crippen LogP contribution in [0, 0.1) is 0 Å². The molecular weight excluding hydrogens is 323 g/mol. The molecule has 0 radical (unpaired) electrons. The van der Waals surface area contributed by atoms with Crippen molar-refractivity contribution in [2.75, 3.05) is 0 Å². The Labute approximate surface area is 128 Å². The van der Waals surface area contributed by atoms with Crippen LogP contribution in [0.25, 0.3) is 0 Å². The average molecular weight is 336 g/mol. The van der Waals surface area contributed by atoms with Crippen molar-refractivity contribution in [2.45, 2.75) is 26.2 Å². The highest BCUT2D eigenvalue weighted by atomic mass is 35.5.